The van der Waals surface area contributed by atoms with Crippen molar-refractivity contribution in [3.63, 3.8) is 0 Å². The quantitative estimate of drug-likeness (QED) is 0.389. The summed E-state index contributed by atoms with van der Waals surface area (Å²) < 4.78 is 35.4. The molecule has 10 heteroatoms. The summed E-state index contributed by atoms with van der Waals surface area (Å²) in [4.78, 5) is 25.4. The minimum Gasteiger partial charge on any atom is -0.334 e. The third kappa shape index (κ3) is 8.67. The Bertz CT molecular complexity index is 344. The molecule has 0 aliphatic heterocycles. The van der Waals surface area contributed by atoms with Gasteiger partial charge in [-0.25, -0.2) is 14.9 Å². The lowest BCUT2D eigenvalue weighted by atomic mass is 10.4. The molecule has 0 radical (unpaired) electrons. The van der Waals surface area contributed by atoms with E-state index in [1.54, 1.807) is 13.8 Å². The van der Waals surface area contributed by atoms with E-state index in [2.05, 4.69) is 10.3 Å². The van der Waals surface area contributed by atoms with E-state index in [1.165, 1.54) is 6.26 Å². The number of nitrogens with one attached hydrogen (secondary N) is 3. The van der Waals surface area contributed by atoms with Gasteiger partial charge >= 0.3 is 18.4 Å². The number of hydrogen-bond acceptors (Lipinski definition) is 3. The summed E-state index contributed by atoms with van der Waals surface area (Å²) in [7, 11) is 0. The smallest absolute Gasteiger partial charge is 0.334 e. The normalized spacial score (nSPS) is 12.3. The highest BCUT2D eigenvalue weighted by Gasteiger charge is 2.30. The number of hydrogen-bond donors (Lipinski definition) is 3. The van der Waals surface area contributed by atoms with Crippen LogP contribution >= 0.6 is 11.8 Å². The number of aliphatic imine (C=N–C) groups is 1. The van der Waals surface area contributed by atoms with Crippen LogP contribution in [0, 0.1) is 0 Å². The molecule has 0 saturated heterocycles. The van der Waals surface area contributed by atoms with Crippen LogP contribution in [0.25, 0.3) is 0 Å². The molecule has 0 heterocycles. The van der Waals surface area contributed by atoms with Crippen molar-refractivity contribution >= 4 is 29.0 Å². The molecular weight excluding hydrogens is 273 g/mol. The molecule has 104 valence electrons. The van der Waals surface area contributed by atoms with E-state index >= 15 is 0 Å². The van der Waals surface area contributed by atoms with Crippen LogP contribution in [0.5, 0.6) is 0 Å². The molecule has 0 rings (SSSR count). The van der Waals surface area contributed by atoms with Gasteiger partial charge in [-0.2, -0.15) is 18.2 Å². The Labute approximate surface area is 106 Å². The summed E-state index contributed by atoms with van der Waals surface area (Å²) in [5.74, 6) is 0. The number of nitrogens with zero attached hydrogens (tertiary/aromatic N) is 1. The van der Waals surface area contributed by atoms with Gasteiger partial charge in [0.15, 0.2) is 5.17 Å². The van der Waals surface area contributed by atoms with Crippen molar-refractivity contribution in [3.05, 3.63) is 0 Å². The highest BCUT2D eigenvalue weighted by molar-refractivity contribution is 8.13. The van der Waals surface area contributed by atoms with E-state index in [9.17, 15) is 22.8 Å². The number of carbonyl (C=O) groups is 2. The van der Waals surface area contributed by atoms with Crippen LogP contribution < -0.4 is 16.0 Å². The Morgan fingerprint density at radius 1 is 1.28 bits per heavy atom. The van der Waals surface area contributed by atoms with Gasteiger partial charge in [0.2, 0.25) is 0 Å². The van der Waals surface area contributed by atoms with Gasteiger partial charge in [0.1, 0.15) is 0 Å². The largest absolute Gasteiger partial charge is 0.485 e. The number of amides is 4. The molecule has 6 nitrogen and oxygen atoms in total. The minimum absolute atomic E-state index is 0.173. The van der Waals surface area contributed by atoms with Crippen molar-refractivity contribution in [2.24, 2.45) is 4.99 Å². The Balaban J connectivity index is 4.47. The summed E-state index contributed by atoms with van der Waals surface area (Å²) in [6.07, 6.45) is -3.39. The van der Waals surface area contributed by atoms with Crippen LogP contribution in [-0.4, -0.2) is 35.8 Å². The van der Waals surface area contributed by atoms with E-state index in [-0.39, 0.29) is 11.2 Å². The predicted molar refractivity (Wildman–Crippen MR) is 62.3 cm³/mol. The van der Waals surface area contributed by atoms with Crippen LogP contribution in [0.15, 0.2) is 4.99 Å². The zero-order valence-electron chi connectivity index (χ0n) is 9.88. The number of thioether (sulfide) groups is 1. The summed E-state index contributed by atoms with van der Waals surface area (Å²) in [5, 5.41) is 4.69. The maximum atomic E-state index is 11.8. The average molecular weight is 286 g/mol. The average Bonchev–Trinajstić information content (AvgIpc) is 2.11. The van der Waals surface area contributed by atoms with Gasteiger partial charge in [0.25, 0.3) is 0 Å². The fraction of sp³-hybridized carbons (Fsp3) is 0.625. The molecule has 0 bridgehead atoms. The SMILES string of the molecule is CSC(=NC(=O)NC(C)C)NC(=O)NC(F)(F)F. The number of amidine groups is 1. The minimum atomic E-state index is -4.84. The van der Waals surface area contributed by atoms with E-state index < -0.39 is 18.4 Å². The van der Waals surface area contributed by atoms with E-state index in [0.717, 1.165) is 17.1 Å². The Kier molecular flexibility index (Phi) is 6.52. The number of rotatable bonds is 1. The Morgan fingerprint density at radius 3 is 2.22 bits per heavy atom. The lowest BCUT2D eigenvalue weighted by Gasteiger charge is -2.10. The molecule has 0 aliphatic carbocycles. The molecule has 18 heavy (non-hydrogen) atoms. The topological polar surface area (TPSA) is 82.6 Å². The van der Waals surface area contributed by atoms with Gasteiger partial charge < -0.3 is 5.32 Å². The zero-order valence-corrected chi connectivity index (χ0v) is 10.7. The fourth-order valence-electron chi connectivity index (χ4n) is 0.753. The number of urea groups is 2. The second-order valence-corrected chi connectivity index (χ2v) is 4.10. The molecule has 0 aromatic carbocycles. The first-order chi connectivity index (χ1) is 8.14. The molecule has 0 spiro atoms. The first-order valence-corrected chi connectivity index (χ1v) is 5.95. The van der Waals surface area contributed by atoms with Crippen LogP contribution in [0.1, 0.15) is 13.8 Å². The molecule has 0 fully saturated rings. The monoisotopic (exact) mass is 286 g/mol. The highest BCUT2D eigenvalue weighted by Crippen LogP contribution is 2.08. The molecular formula is C8H13F3N4O2S. The highest BCUT2D eigenvalue weighted by atomic mass is 32.2. The van der Waals surface area contributed by atoms with Gasteiger partial charge in [-0.3, -0.25) is 5.32 Å². The molecule has 0 aromatic heterocycles. The van der Waals surface area contributed by atoms with Crippen LogP contribution in [-0.2, 0) is 0 Å². The Morgan fingerprint density at radius 2 is 1.83 bits per heavy atom. The first kappa shape index (κ1) is 16.6. The van der Waals surface area contributed by atoms with Crippen LogP contribution in [0.2, 0.25) is 0 Å². The summed E-state index contributed by atoms with van der Waals surface area (Å²) in [5.41, 5.74) is 0. The zero-order chi connectivity index (χ0) is 14.3. The van der Waals surface area contributed by atoms with Crippen molar-refractivity contribution < 1.29 is 22.8 Å². The summed E-state index contributed by atoms with van der Waals surface area (Å²) in [6.45, 7) is 3.38. The molecule has 0 unspecified atom stereocenters. The van der Waals surface area contributed by atoms with Gasteiger partial charge in [-0.05, 0) is 20.1 Å². The van der Waals surface area contributed by atoms with Crippen molar-refractivity contribution in [1.29, 1.82) is 0 Å². The molecule has 0 saturated carbocycles. The van der Waals surface area contributed by atoms with Crippen LogP contribution in [0.3, 0.4) is 0 Å². The second kappa shape index (κ2) is 7.09. The first-order valence-electron chi connectivity index (χ1n) is 4.73. The van der Waals surface area contributed by atoms with E-state index in [4.69, 9.17) is 0 Å². The lowest BCUT2D eigenvalue weighted by Crippen LogP contribution is -2.46. The van der Waals surface area contributed by atoms with Gasteiger partial charge in [-0.1, -0.05) is 11.8 Å². The molecule has 0 aromatic rings. The Hall–Kier alpha value is -1.45. The maximum Gasteiger partial charge on any atom is 0.485 e. The standard InChI is InChI=1S/C8H13F3N4O2S/c1-4(2)12-5(16)13-7(18-3)14-6(17)15-8(9,10)11/h4H,1-3H3,(H3,12,13,14,15,16,17). The van der Waals surface area contributed by atoms with Crippen LogP contribution in [0.4, 0.5) is 22.8 Å². The van der Waals surface area contributed by atoms with Crippen molar-refractivity contribution in [1.82, 2.24) is 16.0 Å². The third-order valence-electron chi connectivity index (χ3n) is 1.28. The maximum absolute atomic E-state index is 11.8. The van der Waals surface area contributed by atoms with Crippen molar-refractivity contribution in [2.75, 3.05) is 6.26 Å². The molecule has 4 amide bonds. The summed E-state index contributed by atoms with van der Waals surface area (Å²) in [6, 6.07) is -2.43. The van der Waals surface area contributed by atoms with E-state index in [1.807, 2.05) is 5.32 Å². The molecule has 0 atom stereocenters. The van der Waals surface area contributed by atoms with Gasteiger partial charge in [-0.15, -0.1) is 0 Å². The number of alkyl halides is 3. The third-order valence-corrected chi connectivity index (χ3v) is 1.86. The van der Waals surface area contributed by atoms with Crippen molar-refractivity contribution in [2.45, 2.75) is 26.2 Å². The van der Waals surface area contributed by atoms with Gasteiger partial charge in [0, 0.05) is 6.04 Å². The molecule has 0 aliphatic rings. The number of halogens is 3. The fourth-order valence-corrected chi connectivity index (χ4v) is 1.12. The second-order valence-electron chi connectivity index (χ2n) is 3.30. The van der Waals surface area contributed by atoms with Crippen molar-refractivity contribution in [3.8, 4) is 0 Å². The molecule has 3 N–H and O–H groups in total. The number of carbonyl (C=O) groups excluding carboxylic acids is 2. The van der Waals surface area contributed by atoms with E-state index in [0.29, 0.717) is 0 Å². The lowest BCUT2D eigenvalue weighted by molar-refractivity contribution is -0.145. The summed E-state index contributed by atoms with van der Waals surface area (Å²) >= 11 is 0.830. The van der Waals surface area contributed by atoms with Gasteiger partial charge in [0.05, 0.1) is 0 Å². The predicted octanol–water partition coefficient (Wildman–Crippen LogP) is 1.64.